The molecule has 100 valence electrons. The van der Waals surface area contributed by atoms with Gasteiger partial charge >= 0.3 is 0 Å². The Labute approximate surface area is 113 Å². The summed E-state index contributed by atoms with van der Waals surface area (Å²) < 4.78 is 5.43. The van der Waals surface area contributed by atoms with Crippen LogP contribution in [-0.2, 0) is 6.42 Å². The van der Waals surface area contributed by atoms with Gasteiger partial charge in [-0.1, -0.05) is 35.5 Å². The van der Waals surface area contributed by atoms with Crippen LogP contribution in [0.15, 0.2) is 41.1 Å². The van der Waals surface area contributed by atoms with Gasteiger partial charge in [-0.2, -0.15) is 0 Å². The van der Waals surface area contributed by atoms with Crippen molar-refractivity contribution >= 4 is 5.69 Å². The van der Waals surface area contributed by atoms with Crippen LogP contribution in [0.4, 0.5) is 5.69 Å². The van der Waals surface area contributed by atoms with E-state index in [-0.39, 0.29) is 0 Å². The van der Waals surface area contributed by atoms with Gasteiger partial charge in [0.25, 0.3) is 0 Å². The molecule has 1 aliphatic rings. The Morgan fingerprint density at radius 3 is 2.68 bits per heavy atom. The molecule has 0 amide bonds. The lowest BCUT2D eigenvalue weighted by molar-refractivity contribution is 0.388. The highest BCUT2D eigenvalue weighted by molar-refractivity contribution is 5.49. The number of nitrogens with zero attached hydrogens (tertiary/aromatic N) is 2. The van der Waals surface area contributed by atoms with E-state index < -0.39 is 0 Å². The number of nitrogens with two attached hydrogens (primary N) is 1. The number of anilines is 1. The lowest BCUT2D eigenvalue weighted by atomic mass is 10.0. The van der Waals surface area contributed by atoms with Gasteiger partial charge in [-0.15, -0.1) is 0 Å². The van der Waals surface area contributed by atoms with Crippen LogP contribution >= 0.6 is 0 Å². The average molecular weight is 257 g/mol. The summed E-state index contributed by atoms with van der Waals surface area (Å²) in [6.07, 6.45) is 4.69. The number of rotatable bonds is 3. The first kappa shape index (κ1) is 12.2. The molecule has 1 aromatic heterocycles. The third kappa shape index (κ3) is 2.79. The molecule has 4 heteroatoms. The zero-order chi connectivity index (χ0) is 13.1. The molecule has 1 aliphatic heterocycles. The largest absolute Gasteiger partial charge is 0.367 e. The van der Waals surface area contributed by atoms with Crippen LogP contribution in [0.25, 0.3) is 0 Å². The first-order valence-electron chi connectivity index (χ1n) is 6.81. The summed E-state index contributed by atoms with van der Waals surface area (Å²) in [5, 5.41) is 3.96. The number of hydrogen-bond donors (Lipinski definition) is 1. The summed E-state index contributed by atoms with van der Waals surface area (Å²) in [6.45, 7) is 1.98. The molecule has 1 saturated heterocycles. The molecule has 4 nitrogen and oxygen atoms in total. The van der Waals surface area contributed by atoms with E-state index in [0.717, 1.165) is 43.8 Å². The van der Waals surface area contributed by atoms with Crippen LogP contribution in [0.5, 0.6) is 0 Å². The van der Waals surface area contributed by atoms with Crippen LogP contribution in [0.1, 0.15) is 24.2 Å². The van der Waals surface area contributed by atoms with Crippen molar-refractivity contribution in [3.05, 3.63) is 47.9 Å². The third-order valence-corrected chi connectivity index (χ3v) is 3.71. The van der Waals surface area contributed by atoms with Crippen LogP contribution in [0.3, 0.4) is 0 Å². The van der Waals surface area contributed by atoms with E-state index in [1.807, 2.05) is 24.4 Å². The Balaban J connectivity index is 1.75. The van der Waals surface area contributed by atoms with Crippen LogP contribution < -0.4 is 10.6 Å². The smallest absolute Gasteiger partial charge is 0.164 e. The number of aromatic nitrogens is 1. The van der Waals surface area contributed by atoms with E-state index in [4.69, 9.17) is 10.3 Å². The van der Waals surface area contributed by atoms with Crippen molar-refractivity contribution in [1.82, 2.24) is 5.16 Å². The Morgan fingerprint density at radius 2 is 1.95 bits per heavy atom. The van der Waals surface area contributed by atoms with Gasteiger partial charge in [0.05, 0.1) is 6.20 Å². The lowest BCUT2D eigenvalue weighted by Gasteiger charge is -2.31. The Hall–Kier alpha value is -1.81. The maximum atomic E-state index is 5.95. The molecule has 0 radical (unpaired) electrons. The zero-order valence-corrected chi connectivity index (χ0v) is 11.0. The highest BCUT2D eigenvalue weighted by atomic mass is 16.5. The third-order valence-electron chi connectivity index (χ3n) is 3.71. The second-order valence-electron chi connectivity index (χ2n) is 5.12. The molecule has 0 saturated carbocycles. The van der Waals surface area contributed by atoms with Gasteiger partial charge in [0, 0.05) is 25.6 Å². The topological polar surface area (TPSA) is 55.3 Å². The van der Waals surface area contributed by atoms with Crippen LogP contribution in [0, 0.1) is 0 Å². The van der Waals surface area contributed by atoms with Gasteiger partial charge in [-0.3, -0.25) is 0 Å². The summed E-state index contributed by atoms with van der Waals surface area (Å²) in [4.78, 5) is 2.33. The van der Waals surface area contributed by atoms with E-state index in [9.17, 15) is 0 Å². The van der Waals surface area contributed by atoms with Gasteiger partial charge in [-0.25, -0.2) is 0 Å². The van der Waals surface area contributed by atoms with Gasteiger partial charge in [0.2, 0.25) is 0 Å². The summed E-state index contributed by atoms with van der Waals surface area (Å²) in [5.74, 6) is 0.946. The highest BCUT2D eigenvalue weighted by Gasteiger charge is 2.21. The van der Waals surface area contributed by atoms with Crippen LogP contribution in [0.2, 0.25) is 0 Å². The number of hydrogen-bond acceptors (Lipinski definition) is 4. The predicted octanol–water partition coefficient (Wildman–Crippen LogP) is 2.19. The molecule has 1 aromatic carbocycles. The fourth-order valence-electron chi connectivity index (χ4n) is 2.56. The normalized spacial score (nSPS) is 16.8. The molecule has 0 spiro atoms. The molecule has 2 heterocycles. The second-order valence-corrected chi connectivity index (χ2v) is 5.12. The molecule has 3 rings (SSSR count). The van der Waals surface area contributed by atoms with Crippen molar-refractivity contribution in [3.8, 4) is 0 Å². The quantitative estimate of drug-likeness (QED) is 0.915. The minimum Gasteiger partial charge on any atom is -0.367 e. The summed E-state index contributed by atoms with van der Waals surface area (Å²) >= 11 is 0. The van der Waals surface area contributed by atoms with Gasteiger partial charge < -0.3 is 15.2 Å². The summed E-state index contributed by atoms with van der Waals surface area (Å²) in [7, 11) is 0. The molecule has 0 atom stereocenters. The molecule has 2 N–H and O–H groups in total. The molecule has 0 aliphatic carbocycles. The Bertz CT molecular complexity index is 515. The molecule has 1 fully saturated rings. The van der Waals surface area contributed by atoms with E-state index in [1.54, 1.807) is 0 Å². The van der Waals surface area contributed by atoms with E-state index in [2.05, 4.69) is 22.2 Å². The Morgan fingerprint density at radius 1 is 1.21 bits per heavy atom. The molecule has 0 unspecified atom stereocenters. The van der Waals surface area contributed by atoms with E-state index in [1.165, 1.54) is 5.56 Å². The first-order valence-corrected chi connectivity index (χ1v) is 6.81. The molecule has 2 aromatic rings. The maximum Gasteiger partial charge on any atom is 0.164 e. The number of benzene rings is 1. The van der Waals surface area contributed by atoms with Crippen molar-refractivity contribution in [1.29, 1.82) is 0 Å². The molecular weight excluding hydrogens is 238 g/mol. The number of piperidine rings is 1. The standard InChI is InChI=1S/C15H19N3O/c16-13-6-8-18(9-7-13)14-11-17-19-15(14)10-12-4-2-1-3-5-12/h1-5,11,13H,6-10,16H2. The van der Waals surface area contributed by atoms with Crippen molar-refractivity contribution in [2.75, 3.05) is 18.0 Å². The average Bonchev–Trinajstić information content (AvgIpc) is 2.89. The second kappa shape index (κ2) is 5.45. The monoisotopic (exact) mass is 257 g/mol. The van der Waals surface area contributed by atoms with Gasteiger partial charge in [0.1, 0.15) is 5.69 Å². The first-order chi connectivity index (χ1) is 9.33. The van der Waals surface area contributed by atoms with Gasteiger partial charge in [0.15, 0.2) is 5.76 Å². The van der Waals surface area contributed by atoms with E-state index >= 15 is 0 Å². The Kier molecular flexibility index (Phi) is 3.51. The highest BCUT2D eigenvalue weighted by Crippen LogP contribution is 2.25. The minimum absolute atomic E-state index is 0.341. The van der Waals surface area contributed by atoms with Crippen molar-refractivity contribution < 1.29 is 4.52 Å². The van der Waals surface area contributed by atoms with Crippen molar-refractivity contribution in [2.24, 2.45) is 5.73 Å². The van der Waals surface area contributed by atoms with Crippen molar-refractivity contribution in [3.63, 3.8) is 0 Å². The van der Waals surface area contributed by atoms with Crippen molar-refractivity contribution in [2.45, 2.75) is 25.3 Å². The van der Waals surface area contributed by atoms with Gasteiger partial charge in [-0.05, 0) is 18.4 Å². The molecular formula is C15H19N3O. The summed E-state index contributed by atoms with van der Waals surface area (Å²) in [5.41, 5.74) is 8.31. The maximum absolute atomic E-state index is 5.95. The lowest BCUT2D eigenvalue weighted by Crippen LogP contribution is -2.39. The zero-order valence-electron chi connectivity index (χ0n) is 11.0. The van der Waals surface area contributed by atoms with E-state index in [0.29, 0.717) is 6.04 Å². The SMILES string of the molecule is NC1CCN(c2cnoc2Cc2ccccc2)CC1. The fraction of sp³-hybridized carbons (Fsp3) is 0.400. The summed E-state index contributed by atoms with van der Waals surface area (Å²) in [6, 6.07) is 10.7. The van der Waals surface area contributed by atoms with Crippen LogP contribution in [-0.4, -0.2) is 24.3 Å². The fourth-order valence-corrected chi connectivity index (χ4v) is 2.56. The molecule has 19 heavy (non-hydrogen) atoms. The minimum atomic E-state index is 0.341. The predicted molar refractivity (Wildman–Crippen MR) is 75.2 cm³/mol. The molecule has 0 bridgehead atoms.